The summed E-state index contributed by atoms with van der Waals surface area (Å²) in [4.78, 5) is 7.28. The van der Waals surface area contributed by atoms with Crippen molar-refractivity contribution in [2.45, 2.75) is 52.6 Å². The van der Waals surface area contributed by atoms with E-state index in [0.717, 1.165) is 0 Å². The van der Waals surface area contributed by atoms with Crippen molar-refractivity contribution in [2.75, 3.05) is 0 Å². The summed E-state index contributed by atoms with van der Waals surface area (Å²) in [6, 6.07) is 0. The second-order valence-corrected chi connectivity index (χ2v) is 5.02. The van der Waals surface area contributed by atoms with Crippen molar-refractivity contribution in [2.24, 2.45) is 0 Å². The summed E-state index contributed by atoms with van der Waals surface area (Å²) >= 11 is 0. The molecular weight excluding hydrogens is 215 g/mol. The molecule has 0 aliphatic carbocycles. The summed E-state index contributed by atoms with van der Waals surface area (Å²) in [5, 5.41) is 0. The normalized spacial score (nSPS) is 29.4. The first-order valence-electron chi connectivity index (χ1n) is 8.81. The molecule has 0 saturated carbocycles. The Labute approximate surface area is 113 Å². The van der Waals surface area contributed by atoms with Gasteiger partial charge in [0.25, 0.3) is 0 Å². The second-order valence-electron chi connectivity index (χ2n) is 5.02. The van der Waals surface area contributed by atoms with Crippen LogP contribution in [0.3, 0.4) is 0 Å². The van der Waals surface area contributed by atoms with Crippen LogP contribution in [0.2, 0.25) is 0 Å². The molecule has 92 valence electrons. The number of nitrogens with zero attached hydrogens (tertiary/aromatic N) is 2. The molecule has 4 nitrogen and oxygen atoms in total. The summed E-state index contributed by atoms with van der Waals surface area (Å²) in [6.45, 7) is 1.57. The first-order valence-corrected chi connectivity index (χ1v) is 5.31. The Kier molecular flexibility index (Phi) is 1.40. The van der Waals surface area contributed by atoms with E-state index < -0.39 is 49.7 Å². The van der Waals surface area contributed by atoms with E-state index in [1.165, 1.54) is 0 Å². The maximum absolute atomic E-state index is 7.64. The van der Waals surface area contributed by atoms with Crippen LogP contribution in [0.1, 0.15) is 48.7 Å². The maximum Gasteiger partial charge on any atom is 0.498 e. The lowest BCUT2D eigenvalue weighted by molar-refractivity contribution is 0.00578. The third kappa shape index (κ3) is 1.98. The van der Waals surface area contributed by atoms with Gasteiger partial charge in [0.1, 0.15) is 7.67 Å². The number of hydrogen-bond acceptors (Lipinski definition) is 4. The van der Waals surface area contributed by atoms with Gasteiger partial charge in [-0.3, -0.25) is 0 Å². The molecule has 1 aliphatic rings. The molecule has 5 heteroatoms. The van der Waals surface area contributed by atoms with E-state index in [9.17, 15) is 0 Å². The highest BCUT2D eigenvalue weighted by molar-refractivity contribution is 6.63. The lowest BCUT2D eigenvalue weighted by Crippen LogP contribution is -2.41. The standard InChI is InChI=1S/C12H19BN2O2/c1-8-10(9(2)15-7-14-8)13-16-11(3,4)12(5,6)17-13/h7H,1-6H3/i1D3,2D3,7D. The molecule has 0 bridgehead atoms. The molecule has 17 heavy (non-hydrogen) atoms. The Morgan fingerprint density at radius 3 is 2.00 bits per heavy atom. The van der Waals surface area contributed by atoms with Gasteiger partial charge in [0.15, 0.2) is 0 Å². The van der Waals surface area contributed by atoms with Crippen LogP contribution in [0.5, 0.6) is 0 Å². The average molecular weight is 241 g/mol. The zero-order valence-corrected chi connectivity index (χ0v) is 10.3. The predicted octanol–water partition coefficient (Wildman–Crippen LogP) is 1.39. The topological polar surface area (TPSA) is 44.2 Å². The summed E-state index contributed by atoms with van der Waals surface area (Å²) in [6.07, 6.45) is -0.674. The predicted molar refractivity (Wildman–Crippen MR) is 67.2 cm³/mol. The van der Waals surface area contributed by atoms with Crippen molar-refractivity contribution < 1.29 is 18.9 Å². The summed E-state index contributed by atoms with van der Waals surface area (Å²) in [7, 11) is -1.25. The quantitative estimate of drug-likeness (QED) is 0.697. The molecule has 1 aromatic heterocycles. The Balaban J connectivity index is 2.73. The van der Waals surface area contributed by atoms with Gasteiger partial charge < -0.3 is 9.31 Å². The van der Waals surface area contributed by atoms with E-state index in [4.69, 9.17) is 18.9 Å². The number of aryl methyl sites for hydroxylation is 2. The average Bonchev–Trinajstić information content (AvgIpc) is 2.54. The SMILES string of the molecule is [2H]c1nc(C([2H])([2H])[2H])c(B2OC(C)(C)C(C)(C)O2)c(C([2H])([2H])[2H])n1. The van der Waals surface area contributed by atoms with Crippen molar-refractivity contribution in [1.82, 2.24) is 9.97 Å². The van der Waals surface area contributed by atoms with E-state index in [1.807, 2.05) is 0 Å². The van der Waals surface area contributed by atoms with Crippen molar-refractivity contribution >= 4 is 12.6 Å². The maximum atomic E-state index is 7.64. The van der Waals surface area contributed by atoms with Crippen LogP contribution in [-0.2, 0) is 9.31 Å². The molecule has 0 N–H and O–H groups in total. The lowest BCUT2D eigenvalue weighted by Gasteiger charge is -2.32. The summed E-state index contributed by atoms with van der Waals surface area (Å²) in [5.41, 5.74) is -2.91. The van der Waals surface area contributed by atoms with Crippen LogP contribution in [0, 0.1) is 13.7 Å². The van der Waals surface area contributed by atoms with Gasteiger partial charge in [-0.15, -0.1) is 0 Å². The molecule has 0 unspecified atom stereocenters. The molecule has 0 spiro atoms. The fourth-order valence-electron chi connectivity index (χ4n) is 1.54. The molecular formula is C12H19BN2O2. The van der Waals surface area contributed by atoms with Crippen LogP contribution < -0.4 is 5.46 Å². The van der Waals surface area contributed by atoms with Gasteiger partial charge in [0.2, 0.25) is 0 Å². The van der Waals surface area contributed by atoms with Gasteiger partial charge in [0.05, 0.1) is 11.2 Å². The van der Waals surface area contributed by atoms with Crippen molar-refractivity contribution in [3.63, 3.8) is 0 Å². The molecule has 2 rings (SSSR count). The van der Waals surface area contributed by atoms with E-state index in [0.29, 0.717) is 0 Å². The van der Waals surface area contributed by atoms with E-state index >= 15 is 0 Å². The second kappa shape index (κ2) is 3.78. The molecule has 1 fully saturated rings. The third-order valence-electron chi connectivity index (χ3n) is 3.32. The number of rotatable bonds is 1. The van der Waals surface area contributed by atoms with Gasteiger partial charge in [-0.05, 0) is 41.4 Å². The largest absolute Gasteiger partial charge is 0.498 e. The van der Waals surface area contributed by atoms with Crippen LogP contribution in [0.15, 0.2) is 6.30 Å². The molecule has 0 amide bonds. The molecule has 1 aromatic rings. The van der Waals surface area contributed by atoms with Gasteiger partial charge in [-0.2, -0.15) is 0 Å². The molecule has 1 aliphatic heterocycles. The molecule has 0 radical (unpaired) electrons. The monoisotopic (exact) mass is 241 g/mol. The van der Waals surface area contributed by atoms with E-state index in [-0.39, 0.29) is 5.46 Å². The fraction of sp³-hybridized carbons (Fsp3) is 0.667. The highest BCUT2D eigenvalue weighted by Crippen LogP contribution is 2.36. The fourth-order valence-corrected chi connectivity index (χ4v) is 1.54. The lowest BCUT2D eigenvalue weighted by atomic mass is 9.77. The van der Waals surface area contributed by atoms with Gasteiger partial charge in [0, 0.05) is 25.1 Å². The number of aromatic nitrogens is 2. The first kappa shape index (κ1) is 6.30. The minimum atomic E-state index is -2.74. The van der Waals surface area contributed by atoms with Gasteiger partial charge in [-0.1, -0.05) is 0 Å². The molecule has 0 aromatic carbocycles. The third-order valence-corrected chi connectivity index (χ3v) is 3.32. The Morgan fingerprint density at radius 2 is 1.59 bits per heavy atom. The first-order chi connectivity index (χ1) is 10.6. The molecule has 2 heterocycles. The van der Waals surface area contributed by atoms with Crippen molar-refractivity contribution in [1.29, 1.82) is 0 Å². The minimum Gasteiger partial charge on any atom is -0.399 e. The molecule has 1 saturated heterocycles. The number of hydrogen-bond donors (Lipinski definition) is 0. The zero-order valence-electron chi connectivity index (χ0n) is 17.3. The minimum absolute atomic E-state index is 0.246. The van der Waals surface area contributed by atoms with Crippen LogP contribution in [0.25, 0.3) is 0 Å². The smallest absolute Gasteiger partial charge is 0.399 e. The van der Waals surface area contributed by atoms with Crippen LogP contribution >= 0.6 is 0 Å². The summed E-state index contributed by atoms with van der Waals surface area (Å²) in [5.74, 6) is 0. The van der Waals surface area contributed by atoms with Crippen molar-refractivity contribution in [3.8, 4) is 0 Å². The highest BCUT2D eigenvalue weighted by atomic mass is 16.7. The Bertz CT molecular complexity index is 607. The molecule has 0 atom stereocenters. The highest BCUT2D eigenvalue weighted by Gasteiger charge is 2.52. The summed E-state index contributed by atoms with van der Waals surface area (Å²) < 4.78 is 65.0. The van der Waals surface area contributed by atoms with Gasteiger partial charge in [-0.25, -0.2) is 9.97 Å². The Morgan fingerprint density at radius 1 is 1.12 bits per heavy atom. The van der Waals surface area contributed by atoms with Crippen molar-refractivity contribution in [3.05, 3.63) is 17.7 Å². The van der Waals surface area contributed by atoms with E-state index in [1.54, 1.807) is 27.7 Å². The Hall–Kier alpha value is -0.935. The van der Waals surface area contributed by atoms with E-state index in [2.05, 4.69) is 9.97 Å². The zero-order chi connectivity index (χ0) is 18.7. The van der Waals surface area contributed by atoms with Gasteiger partial charge >= 0.3 is 7.12 Å². The van der Waals surface area contributed by atoms with Crippen LogP contribution in [-0.4, -0.2) is 28.3 Å². The van der Waals surface area contributed by atoms with Crippen LogP contribution in [0.4, 0.5) is 0 Å².